The molecule has 0 radical (unpaired) electrons. The molecule has 1 nitrogen and oxygen atoms in total. The Hall–Kier alpha value is -0.820. The van der Waals surface area contributed by atoms with Crippen molar-refractivity contribution in [3.05, 3.63) is 34.9 Å². The second-order valence-corrected chi connectivity index (χ2v) is 5.49. The maximum Gasteiger partial charge on any atom is -0.000837 e. The van der Waals surface area contributed by atoms with Gasteiger partial charge in [-0.25, -0.2) is 0 Å². The molecule has 0 saturated carbocycles. The average Bonchev–Trinajstić information content (AvgIpc) is 2.19. The first-order valence-electron chi connectivity index (χ1n) is 6.26. The van der Waals surface area contributed by atoms with Crippen molar-refractivity contribution in [2.45, 2.75) is 46.5 Å². The van der Waals surface area contributed by atoms with Gasteiger partial charge in [-0.15, -0.1) is 0 Å². The maximum absolute atomic E-state index is 3.38. The van der Waals surface area contributed by atoms with E-state index >= 15 is 0 Å². The zero-order valence-corrected chi connectivity index (χ0v) is 11.4. The lowest BCUT2D eigenvalue weighted by atomic mass is 9.85. The van der Waals surface area contributed by atoms with Crippen LogP contribution in [0, 0.1) is 6.92 Å². The Balaban J connectivity index is 2.83. The molecule has 1 heteroatoms. The monoisotopic (exact) mass is 219 g/mol. The molecule has 0 unspecified atom stereocenters. The summed E-state index contributed by atoms with van der Waals surface area (Å²) < 4.78 is 0. The van der Waals surface area contributed by atoms with E-state index in [4.69, 9.17) is 0 Å². The van der Waals surface area contributed by atoms with Gasteiger partial charge in [0.25, 0.3) is 0 Å². The number of hydrogen-bond acceptors (Lipinski definition) is 1. The molecule has 0 aliphatic carbocycles. The highest BCUT2D eigenvalue weighted by atomic mass is 14.8. The molecule has 0 aromatic heterocycles. The molecule has 0 atom stereocenters. The maximum atomic E-state index is 3.38. The van der Waals surface area contributed by atoms with Crippen molar-refractivity contribution >= 4 is 0 Å². The van der Waals surface area contributed by atoms with Gasteiger partial charge in [0.05, 0.1) is 0 Å². The van der Waals surface area contributed by atoms with Gasteiger partial charge in [0.1, 0.15) is 0 Å². The van der Waals surface area contributed by atoms with E-state index in [0.717, 1.165) is 19.5 Å². The molecule has 90 valence electrons. The number of benzene rings is 1. The first kappa shape index (κ1) is 13.2. The van der Waals surface area contributed by atoms with Crippen LogP contribution in [-0.2, 0) is 11.8 Å². The number of rotatable bonds is 4. The summed E-state index contributed by atoms with van der Waals surface area (Å²) in [4.78, 5) is 0. The van der Waals surface area contributed by atoms with E-state index < -0.39 is 0 Å². The third-order valence-corrected chi connectivity index (χ3v) is 3.04. The normalized spacial score (nSPS) is 11.8. The summed E-state index contributed by atoms with van der Waals surface area (Å²) in [6, 6.07) is 6.88. The first-order chi connectivity index (χ1) is 7.45. The molecule has 1 aromatic rings. The van der Waals surface area contributed by atoms with Gasteiger partial charge in [0.15, 0.2) is 0 Å². The fourth-order valence-corrected chi connectivity index (χ4v) is 1.81. The van der Waals surface area contributed by atoms with Crippen molar-refractivity contribution in [1.82, 2.24) is 5.32 Å². The number of likely N-dealkylation sites (N-methyl/N-ethyl adjacent to an activating group) is 1. The summed E-state index contributed by atoms with van der Waals surface area (Å²) in [5.74, 6) is 0. The van der Waals surface area contributed by atoms with E-state index in [2.05, 4.69) is 58.1 Å². The molecule has 0 aliphatic rings. The smallest absolute Gasteiger partial charge is 0.000837 e. The molecule has 0 heterocycles. The molecule has 0 aliphatic heterocycles. The van der Waals surface area contributed by atoms with Gasteiger partial charge >= 0.3 is 0 Å². The lowest BCUT2D eigenvalue weighted by Gasteiger charge is -2.21. The highest BCUT2D eigenvalue weighted by molar-refractivity contribution is 5.34. The minimum Gasteiger partial charge on any atom is -0.317 e. The molecular weight excluding hydrogens is 194 g/mol. The van der Waals surface area contributed by atoms with Crippen molar-refractivity contribution in [3.8, 4) is 0 Å². The number of nitrogens with one attached hydrogen (secondary N) is 1. The summed E-state index contributed by atoms with van der Waals surface area (Å²) in [6.45, 7) is 13.3. The van der Waals surface area contributed by atoms with Gasteiger partial charge in [-0.1, -0.05) is 45.9 Å². The third-order valence-electron chi connectivity index (χ3n) is 3.04. The van der Waals surface area contributed by atoms with E-state index in [1.165, 1.54) is 16.7 Å². The van der Waals surface area contributed by atoms with Crippen LogP contribution in [-0.4, -0.2) is 13.1 Å². The summed E-state index contributed by atoms with van der Waals surface area (Å²) in [5.41, 5.74) is 4.57. The third kappa shape index (κ3) is 3.64. The zero-order chi connectivity index (χ0) is 12.2. The Labute approximate surface area is 100 Å². The quantitative estimate of drug-likeness (QED) is 0.765. The largest absolute Gasteiger partial charge is 0.317 e. The summed E-state index contributed by atoms with van der Waals surface area (Å²) >= 11 is 0. The molecule has 0 fully saturated rings. The molecule has 0 bridgehead atoms. The van der Waals surface area contributed by atoms with Gasteiger partial charge in [-0.3, -0.25) is 0 Å². The van der Waals surface area contributed by atoms with E-state index in [1.54, 1.807) is 0 Å². The molecule has 1 N–H and O–H groups in total. The Morgan fingerprint density at radius 1 is 1.19 bits per heavy atom. The number of aryl methyl sites for hydroxylation is 1. The van der Waals surface area contributed by atoms with Gasteiger partial charge in [-0.2, -0.15) is 0 Å². The van der Waals surface area contributed by atoms with Crippen molar-refractivity contribution in [1.29, 1.82) is 0 Å². The second kappa shape index (κ2) is 5.49. The molecule has 1 rings (SSSR count). The van der Waals surface area contributed by atoms with Crippen molar-refractivity contribution < 1.29 is 0 Å². The SMILES string of the molecule is CCNCCc1cc(C(C)(C)C)ccc1C. The van der Waals surface area contributed by atoms with Crippen LogP contribution in [0.25, 0.3) is 0 Å². The van der Waals surface area contributed by atoms with Crippen LogP contribution in [0.1, 0.15) is 44.4 Å². The van der Waals surface area contributed by atoms with Crippen molar-refractivity contribution in [2.75, 3.05) is 13.1 Å². The van der Waals surface area contributed by atoms with E-state index in [-0.39, 0.29) is 5.41 Å². The molecule has 16 heavy (non-hydrogen) atoms. The molecule has 0 spiro atoms. The van der Waals surface area contributed by atoms with Crippen LogP contribution in [0.3, 0.4) is 0 Å². The highest BCUT2D eigenvalue weighted by Crippen LogP contribution is 2.24. The van der Waals surface area contributed by atoms with E-state index in [0.29, 0.717) is 0 Å². The zero-order valence-electron chi connectivity index (χ0n) is 11.4. The Bertz CT molecular complexity index is 334. The van der Waals surface area contributed by atoms with Crippen molar-refractivity contribution in [2.24, 2.45) is 0 Å². The van der Waals surface area contributed by atoms with Crippen LogP contribution in [0.5, 0.6) is 0 Å². The number of hydrogen-bond donors (Lipinski definition) is 1. The van der Waals surface area contributed by atoms with E-state index in [1.807, 2.05) is 0 Å². The highest BCUT2D eigenvalue weighted by Gasteiger charge is 2.14. The van der Waals surface area contributed by atoms with E-state index in [9.17, 15) is 0 Å². The standard InChI is InChI=1S/C15H25N/c1-6-16-10-9-13-11-14(15(3,4)5)8-7-12(13)2/h7-8,11,16H,6,9-10H2,1-5H3. The van der Waals surface area contributed by atoms with Gasteiger partial charge in [0.2, 0.25) is 0 Å². The van der Waals surface area contributed by atoms with Crippen LogP contribution in [0.15, 0.2) is 18.2 Å². The van der Waals surface area contributed by atoms with Crippen molar-refractivity contribution in [3.63, 3.8) is 0 Å². The van der Waals surface area contributed by atoms with Crippen LogP contribution in [0.4, 0.5) is 0 Å². The Morgan fingerprint density at radius 3 is 2.44 bits per heavy atom. The Kier molecular flexibility index (Phi) is 4.55. The van der Waals surface area contributed by atoms with Crippen LogP contribution < -0.4 is 5.32 Å². The molecule has 1 aromatic carbocycles. The Morgan fingerprint density at radius 2 is 1.88 bits per heavy atom. The van der Waals surface area contributed by atoms with Crippen LogP contribution >= 0.6 is 0 Å². The predicted octanol–water partition coefficient (Wildman–Crippen LogP) is 3.44. The fourth-order valence-electron chi connectivity index (χ4n) is 1.81. The summed E-state index contributed by atoms with van der Waals surface area (Å²) in [6.07, 6.45) is 1.13. The predicted molar refractivity (Wildman–Crippen MR) is 72.1 cm³/mol. The average molecular weight is 219 g/mol. The van der Waals surface area contributed by atoms with Gasteiger partial charge in [0, 0.05) is 0 Å². The van der Waals surface area contributed by atoms with Gasteiger partial charge in [-0.05, 0) is 48.5 Å². The summed E-state index contributed by atoms with van der Waals surface area (Å²) in [7, 11) is 0. The fraction of sp³-hybridized carbons (Fsp3) is 0.600. The summed E-state index contributed by atoms with van der Waals surface area (Å²) in [5, 5.41) is 3.38. The van der Waals surface area contributed by atoms with Gasteiger partial charge < -0.3 is 5.32 Å². The topological polar surface area (TPSA) is 12.0 Å². The minimum atomic E-state index is 0.251. The molecule has 0 amide bonds. The van der Waals surface area contributed by atoms with Crippen LogP contribution in [0.2, 0.25) is 0 Å². The molecule has 0 saturated heterocycles. The lowest BCUT2D eigenvalue weighted by molar-refractivity contribution is 0.588. The minimum absolute atomic E-state index is 0.251. The lowest BCUT2D eigenvalue weighted by Crippen LogP contribution is -2.17. The molecular formula is C15H25N. The second-order valence-electron chi connectivity index (χ2n) is 5.49. The first-order valence-corrected chi connectivity index (χ1v) is 6.26.